The number of halogens is 1. The summed E-state index contributed by atoms with van der Waals surface area (Å²) in [5.74, 6) is -1.02. The van der Waals surface area contributed by atoms with Gasteiger partial charge in [0.2, 0.25) is 21.8 Å². The lowest BCUT2D eigenvalue weighted by atomic mass is 10.1. The van der Waals surface area contributed by atoms with E-state index in [2.05, 4.69) is 5.32 Å². The summed E-state index contributed by atoms with van der Waals surface area (Å²) in [6.45, 7) is 4.80. The third-order valence-electron chi connectivity index (χ3n) is 5.97. The Morgan fingerprint density at radius 1 is 1.13 bits per heavy atom. The van der Waals surface area contributed by atoms with Crippen LogP contribution in [0.15, 0.2) is 42.5 Å². The zero-order valence-corrected chi connectivity index (χ0v) is 23.6. The molecule has 11 nitrogen and oxygen atoms in total. The molecule has 0 aliphatic heterocycles. The Bertz CT molecular complexity index is 1250. The number of nitrogens with zero attached hydrogens (tertiary/aromatic N) is 3. The fourth-order valence-corrected chi connectivity index (χ4v) is 4.70. The predicted octanol–water partition coefficient (Wildman–Crippen LogP) is 3.74. The molecule has 13 heteroatoms. The second-order valence-electron chi connectivity index (χ2n) is 8.77. The SMILES string of the molecule is CC[C@@H](C)NC(=O)[C@H](CC)N(Cc1ccc(Cl)cc1)C(=O)CN(c1cc([N+](=O)[O-])ccc1OC)S(C)(=O)=O. The van der Waals surface area contributed by atoms with Gasteiger partial charge in [-0.25, -0.2) is 8.42 Å². The van der Waals surface area contributed by atoms with E-state index in [1.165, 1.54) is 24.1 Å². The van der Waals surface area contributed by atoms with E-state index in [1.54, 1.807) is 31.2 Å². The normalized spacial score (nSPS) is 12.8. The number of nitro groups is 1. The summed E-state index contributed by atoms with van der Waals surface area (Å²) >= 11 is 6.00. The molecule has 0 saturated carbocycles. The first kappa shape index (κ1) is 30.8. The molecule has 0 aromatic heterocycles. The highest BCUT2D eigenvalue weighted by Crippen LogP contribution is 2.34. The average molecular weight is 569 g/mol. The minimum Gasteiger partial charge on any atom is -0.495 e. The second kappa shape index (κ2) is 13.4. The Hall–Kier alpha value is -3.38. The Labute approximate surface area is 227 Å². The van der Waals surface area contributed by atoms with Gasteiger partial charge < -0.3 is 15.0 Å². The first-order valence-electron chi connectivity index (χ1n) is 12.0. The number of hydrogen-bond donors (Lipinski definition) is 1. The lowest BCUT2D eigenvalue weighted by Gasteiger charge is -2.33. The highest BCUT2D eigenvalue weighted by molar-refractivity contribution is 7.92. The number of sulfonamides is 1. The largest absolute Gasteiger partial charge is 0.495 e. The van der Waals surface area contributed by atoms with Crippen LogP contribution in [0.3, 0.4) is 0 Å². The predicted molar refractivity (Wildman–Crippen MR) is 146 cm³/mol. The van der Waals surface area contributed by atoms with Crippen molar-refractivity contribution in [1.82, 2.24) is 10.2 Å². The summed E-state index contributed by atoms with van der Waals surface area (Å²) in [6, 6.07) is 9.14. The summed E-state index contributed by atoms with van der Waals surface area (Å²) in [5.41, 5.74) is 0.136. The number of carbonyl (C=O) groups is 2. The van der Waals surface area contributed by atoms with Gasteiger partial charge in [0.05, 0.1) is 18.3 Å². The lowest BCUT2D eigenvalue weighted by molar-refractivity contribution is -0.384. The summed E-state index contributed by atoms with van der Waals surface area (Å²) in [5, 5.41) is 14.7. The Morgan fingerprint density at radius 3 is 2.26 bits per heavy atom. The monoisotopic (exact) mass is 568 g/mol. The van der Waals surface area contributed by atoms with Crippen LogP contribution in [0.1, 0.15) is 39.2 Å². The molecule has 2 aromatic rings. The van der Waals surface area contributed by atoms with Crippen LogP contribution in [-0.2, 0) is 26.2 Å². The molecule has 208 valence electrons. The van der Waals surface area contributed by atoms with E-state index in [0.29, 0.717) is 17.0 Å². The number of nitro benzene ring substituents is 1. The van der Waals surface area contributed by atoms with Crippen molar-refractivity contribution in [3.63, 3.8) is 0 Å². The fraction of sp³-hybridized carbons (Fsp3) is 0.440. The van der Waals surface area contributed by atoms with E-state index >= 15 is 0 Å². The molecule has 0 radical (unpaired) electrons. The van der Waals surface area contributed by atoms with E-state index in [4.69, 9.17) is 16.3 Å². The van der Waals surface area contributed by atoms with Crippen molar-refractivity contribution in [3.05, 3.63) is 63.2 Å². The number of hydrogen-bond acceptors (Lipinski definition) is 7. The molecule has 2 amide bonds. The zero-order chi connectivity index (χ0) is 28.6. The van der Waals surface area contributed by atoms with Crippen molar-refractivity contribution >= 4 is 44.8 Å². The Kier molecular flexibility index (Phi) is 10.9. The summed E-state index contributed by atoms with van der Waals surface area (Å²) in [4.78, 5) is 38.9. The quantitative estimate of drug-likeness (QED) is 0.287. The van der Waals surface area contributed by atoms with Gasteiger partial charge in [0.1, 0.15) is 24.0 Å². The fourth-order valence-electron chi connectivity index (χ4n) is 3.73. The number of ether oxygens (including phenoxy) is 1. The van der Waals surface area contributed by atoms with E-state index in [0.717, 1.165) is 16.6 Å². The van der Waals surface area contributed by atoms with Gasteiger partial charge in [-0.1, -0.05) is 37.6 Å². The van der Waals surface area contributed by atoms with E-state index in [9.17, 15) is 28.1 Å². The van der Waals surface area contributed by atoms with Gasteiger partial charge >= 0.3 is 0 Å². The van der Waals surface area contributed by atoms with Gasteiger partial charge in [-0.3, -0.25) is 24.0 Å². The van der Waals surface area contributed by atoms with Crippen LogP contribution in [0.5, 0.6) is 5.75 Å². The highest BCUT2D eigenvalue weighted by Gasteiger charge is 2.33. The van der Waals surface area contributed by atoms with Gasteiger partial charge in [-0.2, -0.15) is 0 Å². The first-order valence-corrected chi connectivity index (χ1v) is 14.2. The number of rotatable bonds is 13. The molecule has 0 aliphatic rings. The van der Waals surface area contributed by atoms with E-state index < -0.39 is 33.4 Å². The topological polar surface area (TPSA) is 139 Å². The van der Waals surface area contributed by atoms with Crippen molar-refractivity contribution < 1.29 is 27.7 Å². The van der Waals surface area contributed by atoms with E-state index in [1.807, 2.05) is 13.8 Å². The molecule has 2 rings (SSSR count). The molecule has 0 spiro atoms. The first-order chi connectivity index (χ1) is 17.8. The maximum Gasteiger partial charge on any atom is 0.271 e. The molecular formula is C25H33ClN4O7S. The van der Waals surface area contributed by atoms with E-state index in [-0.39, 0.29) is 42.0 Å². The van der Waals surface area contributed by atoms with Gasteiger partial charge in [0, 0.05) is 29.7 Å². The molecule has 0 fully saturated rings. The molecule has 1 N–H and O–H groups in total. The van der Waals surface area contributed by atoms with Crippen molar-refractivity contribution in [1.29, 1.82) is 0 Å². The number of anilines is 1. The molecule has 2 aromatic carbocycles. The highest BCUT2D eigenvalue weighted by atomic mass is 35.5. The molecule has 2 atom stereocenters. The lowest BCUT2D eigenvalue weighted by Crippen LogP contribution is -2.53. The minimum absolute atomic E-state index is 0.00606. The maximum absolute atomic E-state index is 13.8. The van der Waals surface area contributed by atoms with Crippen LogP contribution in [0.4, 0.5) is 11.4 Å². The number of non-ortho nitro benzene ring substituents is 1. The van der Waals surface area contributed by atoms with Crippen molar-refractivity contribution in [2.45, 2.75) is 52.2 Å². The number of methoxy groups -OCH3 is 1. The number of nitrogens with one attached hydrogen (secondary N) is 1. The smallest absolute Gasteiger partial charge is 0.271 e. The van der Waals surface area contributed by atoms with Crippen molar-refractivity contribution in [3.8, 4) is 5.75 Å². The number of benzene rings is 2. The molecule has 0 bridgehead atoms. The molecule has 0 saturated heterocycles. The zero-order valence-electron chi connectivity index (χ0n) is 22.0. The maximum atomic E-state index is 13.8. The number of carbonyl (C=O) groups excluding carboxylic acids is 2. The Balaban J connectivity index is 2.55. The van der Waals surface area contributed by atoms with Gasteiger partial charge in [0.15, 0.2) is 0 Å². The van der Waals surface area contributed by atoms with Gasteiger partial charge in [-0.15, -0.1) is 0 Å². The van der Waals surface area contributed by atoms with Crippen molar-refractivity contribution in [2.75, 3.05) is 24.2 Å². The number of amides is 2. The van der Waals surface area contributed by atoms with Crippen LogP contribution >= 0.6 is 11.6 Å². The summed E-state index contributed by atoms with van der Waals surface area (Å²) in [7, 11) is -2.83. The van der Waals surface area contributed by atoms with Crippen LogP contribution in [-0.4, -0.2) is 62.0 Å². The summed E-state index contributed by atoms with van der Waals surface area (Å²) in [6.07, 6.45) is 1.83. The molecule has 0 heterocycles. The van der Waals surface area contributed by atoms with Gasteiger partial charge in [0.25, 0.3) is 5.69 Å². The third-order valence-corrected chi connectivity index (χ3v) is 7.35. The minimum atomic E-state index is -4.11. The summed E-state index contributed by atoms with van der Waals surface area (Å²) < 4.78 is 31.6. The Morgan fingerprint density at radius 2 is 1.76 bits per heavy atom. The molecular weight excluding hydrogens is 536 g/mol. The van der Waals surface area contributed by atoms with Crippen LogP contribution in [0.2, 0.25) is 5.02 Å². The molecule has 0 aliphatic carbocycles. The molecule has 0 unspecified atom stereocenters. The average Bonchev–Trinajstić information content (AvgIpc) is 2.86. The van der Waals surface area contributed by atoms with Crippen LogP contribution in [0.25, 0.3) is 0 Å². The standard InChI is InChI=1S/C25H33ClN4O7S/c1-6-17(3)27-25(32)21(7-2)28(15-18-8-10-19(26)11-9-18)24(31)16-29(38(5,35)36)22-14-20(30(33)34)12-13-23(22)37-4/h8-14,17,21H,6-7,15-16H2,1-5H3,(H,27,32)/t17-,21+/m1/s1. The van der Waals surface area contributed by atoms with Gasteiger partial charge in [-0.05, 0) is 43.5 Å². The third kappa shape index (κ3) is 8.06. The molecule has 38 heavy (non-hydrogen) atoms. The van der Waals surface area contributed by atoms with Crippen molar-refractivity contribution in [2.24, 2.45) is 0 Å². The second-order valence-corrected chi connectivity index (χ2v) is 11.1. The van der Waals surface area contributed by atoms with Crippen LogP contribution < -0.4 is 14.4 Å². The van der Waals surface area contributed by atoms with Crippen LogP contribution in [0, 0.1) is 10.1 Å².